The third-order valence-corrected chi connectivity index (χ3v) is 10.8. The molecular formula is C40H44N10O6. The zero-order valence-electron chi connectivity index (χ0n) is 30.7. The van der Waals surface area contributed by atoms with E-state index in [1.807, 2.05) is 47.4 Å². The van der Waals surface area contributed by atoms with Gasteiger partial charge in [0.05, 0.1) is 24.1 Å². The number of benzene rings is 3. The third-order valence-electron chi connectivity index (χ3n) is 10.8. The molecule has 5 atom stereocenters. The Bertz CT molecular complexity index is 2340. The SMILES string of the molecule is Cc1[nH]c(=O)n([C@H]2C[C@@H](n3cnc4c(NCC(c5ccccc5)c5ccccc5)nc(N5CC[C@@H](NC(=O)NCc6cccc(O)c6)C5)nc43)[C@H](O)[C@@H]2O)c1O. The van der Waals surface area contributed by atoms with Gasteiger partial charge in [0, 0.05) is 38.1 Å². The molecule has 56 heavy (non-hydrogen) atoms. The Balaban J connectivity index is 1.09. The number of nitrogens with zero attached hydrogens (tertiary/aromatic N) is 6. The quantitative estimate of drug-likeness (QED) is 0.0959. The molecule has 16 heteroatoms. The van der Waals surface area contributed by atoms with E-state index >= 15 is 0 Å². The molecule has 0 bridgehead atoms. The van der Waals surface area contributed by atoms with Gasteiger partial charge in [-0.3, -0.25) is 4.57 Å². The van der Waals surface area contributed by atoms with E-state index in [1.54, 1.807) is 36.0 Å². The van der Waals surface area contributed by atoms with Crippen molar-refractivity contribution in [2.75, 3.05) is 29.9 Å². The molecule has 6 aromatic rings. The first-order valence-electron chi connectivity index (χ1n) is 18.7. The van der Waals surface area contributed by atoms with Crippen LogP contribution in [0.4, 0.5) is 16.6 Å². The summed E-state index contributed by atoms with van der Waals surface area (Å²) in [5, 5.41) is 52.4. The number of carbonyl (C=O) groups is 1. The molecule has 4 heterocycles. The molecule has 16 nitrogen and oxygen atoms in total. The number of fused-ring (bicyclic) bond motifs is 1. The number of H-pyrrole nitrogens is 1. The Hall–Kier alpha value is -6.39. The Labute approximate surface area is 321 Å². The topological polar surface area (TPSA) is 219 Å². The molecule has 2 fully saturated rings. The predicted molar refractivity (Wildman–Crippen MR) is 209 cm³/mol. The van der Waals surface area contributed by atoms with Gasteiger partial charge in [0.25, 0.3) is 0 Å². The molecule has 0 spiro atoms. The lowest BCUT2D eigenvalue weighted by Gasteiger charge is -2.22. The summed E-state index contributed by atoms with van der Waals surface area (Å²) in [4.78, 5) is 44.8. The van der Waals surface area contributed by atoms with Gasteiger partial charge in [-0.1, -0.05) is 72.8 Å². The maximum Gasteiger partial charge on any atom is 0.328 e. The number of aromatic nitrogens is 6. The number of hydrogen-bond donors (Lipinski definition) is 8. The minimum atomic E-state index is -1.36. The van der Waals surface area contributed by atoms with E-state index in [4.69, 9.17) is 15.0 Å². The second-order valence-corrected chi connectivity index (χ2v) is 14.5. The highest BCUT2D eigenvalue weighted by molar-refractivity contribution is 5.84. The van der Waals surface area contributed by atoms with Gasteiger partial charge in [-0.25, -0.2) is 14.6 Å². The number of urea groups is 1. The molecule has 1 saturated carbocycles. The van der Waals surface area contributed by atoms with Crippen molar-refractivity contribution in [1.82, 2.24) is 39.7 Å². The summed E-state index contributed by atoms with van der Waals surface area (Å²) >= 11 is 0. The van der Waals surface area contributed by atoms with Crippen LogP contribution < -0.4 is 26.5 Å². The molecule has 2 amide bonds. The van der Waals surface area contributed by atoms with Crippen LogP contribution in [0.1, 0.15) is 53.2 Å². The molecule has 1 aliphatic heterocycles. The van der Waals surface area contributed by atoms with Crippen LogP contribution >= 0.6 is 0 Å². The number of carbonyl (C=O) groups excluding carboxylic acids is 1. The summed E-state index contributed by atoms with van der Waals surface area (Å²) in [6.45, 7) is 3.26. The number of rotatable bonds is 11. The highest BCUT2D eigenvalue weighted by Crippen LogP contribution is 2.41. The number of imidazole rings is 2. The van der Waals surface area contributed by atoms with E-state index in [9.17, 15) is 30.0 Å². The van der Waals surface area contributed by atoms with Crippen LogP contribution in [0.5, 0.6) is 11.6 Å². The number of aryl methyl sites for hydroxylation is 1. The molecule has 2 aliphatic rings. The number of nitrogens with one attached hydrogen (secondary N) is 4. The molecule has 8 N–H and O–H groups in total. The van der Waals surface area contributed by atoms with Crippen molar-refractivity contribution in [3.8, 4) is 11.6 Å². The van der Waals surface area contributed by atoms with Crippen LogP contribution in [-0.2, 0) is 6.54 Å². The second-order valence-electron chi connectivity index (χ2n) is 14.5. The molecule has 1 aliphatic carbocycles. The Morgan fingerprint density at radius 2 is 1.66 bits per heavy atom. The molecule has 3 aromatic heterocycles. The molecule has 3 aromatic carbocycles. The van der Waals surface area contributed by atoms with Crippen molar-refractivity contribution >= 4 is 29.0 Å². The highest BCUT2D eigenvalue weighted by Gasteiger charge is 2.46. The number of aromatic hydroxyl groups is 2. The Kier molecular flexibility index (Phi) is 10.1. The van der Waals surface area contributed by atoms with Crippen molar-refractivity contribution in [2.45, 2.75) is 62.6 Å². The van der Waals surface area contributed by atoms with Gasteiger partial charge in [-0.05, 0) is 48.6 Å². The van der Waals surface area contributed by atoms with Crippen LogP contribution in [0, 0.1) is 6.92 Å². The van der Waals surface area contributed by atoms with E-state index in [-0.39, 0.29) is 48.3 Å². The summed E-state index contributed by atoms with van der Waals surface area (Å²) in [5.41, 5.74) is 3.55. The lowest BCUT2D eigenvalue weighted by atomic mass is 9.91. The molecule has 1 saturated heterocycles. The summed E-state index contributed by atoms with van der Waals surface area (Å²) < 4.78 is 2.79. The number of aliphatic hydroxyl groups excluding tert-OH is 2. The first kappa shape index (κ1) is 36.6. The minimum absolute atomic E-state index is 0.0324. The number of phenolic OH excluding ortho intramolecular Hbond substituents is 1. The monoisotopic (exact) mass is 760 g/mol. The van der Waals surface area contributed by atoms with Crippen molar-refractivity contribution in [2.24, 2.45) is 0 Å². The van der Waals surface area contributed by atoms with Crippen LogP contribution in [0.25, 0.3) is 11.2 Å². The number of amides is 2. The fraction of sp³-hybridized carbons (Fsp3) is 0.325. The van der Waals surface area contributed by atoms with Crippen molar-refractivity contribution in [3.63, 3.8) is 0 Å². The van der Waals surface area contributed by atoms with Crippen LogP contribution in [0.2, 0.25) is 0 Å². The van der Waals surface area contributed by atoms with E-state index in [0.717, 1.165) is 21.3 Å². The second kappa shape index (κ2) is 15.4. The number of hydrogen-bond acceptors (Lipinski definition) is 11. The van der Waals surface area contributed by atoms with Crippen molar-refractivity contribution in [1.29, 1.82) is 0 Å². The fourth-order valence-corrected chi connectivity index (χ4v) is 7.93. The average Bonchev–Trinajstić information content (AvgIpc) is 3.97. The first-order chi connectivity index (χ1) is 27.1. The summed E-state index contributed by atoms with van der Waals surface area (Å²) in [5.74, 6) is 0.663. The summed E-state index contributed by atoms with van der Waals surface area (Å²) in [6, 6.07) is 24.9. The van der Waals surface area contributed by atoms with Crippen LogP contribution in [0.15, 0.2) is 96.1 Å². The van der Waals surface area contributed by atoms with Gasteiger partial charge in [0.1, 0.15) is 18.0 Å². The van der Waals surface area contributed by atoms with E-state index in [2.05, 4.69) is 45.2 Å². The third kappa shape index (κ3) is 7.23. The van der Waals surface area contributed by atoms with Gasteiger partial charge in [0.2, 0.25) is 11.8 Å². The largest absolute Gasteiger partial charge is 0.508 e. The van der Waals surface area contributed by atoms with E-state index in [1.165, 1.54) is 0 Å². The van der Waals surface area contributed by atoms with E-state index in [0.29, 0.717) is 49.0 Å². The van der Waals surface area contributed by atoms with Gasteiger partial charge in [-0.2, -0.15) is 9.97 Å². The highest BCUT2D eigenvalue weighted by atomic mass is 16.3. The first-order valence-corrected chi connectivity index (χ1v) is 18.7. The Morgan fingerprint density at radius 1 is 0.946 bits per heavy atom. The number of aliphatic hydroxyl groups is 2. The van der Waals surface area contributed by atoms with E-state index < -0.39 is 30.0 Å². The standard InChI is InChI=1S/C40H44N10O6/c1-23-37(54)50(40(56)44-23)31-18-30(33(52)34(31)53)49-22-43-32-35(41-20-29(25-10-4-2-5-11-25)26-12-6-3-7-13-26)46-38(47-36(32)49)48-16-15-27(21-48)45-39(55)42-19-24-9-8-14-28(51)17-24/h2-14,17,22,27,29-31,33-34,51-54H,15-16,18-21H2,1H3,(H,44,56)(H,41,46,47)(H2,42,45,55)/t27-,30-,31+,33+,34-/m1/s1. The molecule has 290 valence electrons. The Morgan fingerprint density at radius 3 is 2.34 bits per heavy atom. The zero-order chi connectivity index (χ0) is 38.9. The van der Waals surface area contributed by atoms with Gasteiger partial charge >= 0.3 is 11.7 Å². The maximum atomic E-state index is 12.9. The summed E-state index contributed by atoms with van der Waals surface area (Å²) in [7, 11) is 0. The smallest absolute Gasteiger partial charge is 0.328 e. The number of phenols is 1. The normalized spacial score (nSPS) is 20.9. The number of anilines is 2. The molecule has 0 unspecified atom stereocenters. The van der Waals surface area contributed by atoms with Gasteiger partial charge in [-0.15, -0.1) is 0 Å². The van der Waals surface area contributed by atoms with Crippen molar-refractivity contribution < 1.29 is 25.2 Å². The zero-order valence-corrected chi connectivity index (χ0v) is 30.7. The molecular weight excluding hydrogens is 717 g/mol. The lowest BCUT2D eigenvalue weighted by Crippen LogP contribution is -2.43. The maximum absolute atomic E-state index is 12.9. The van der Waals surface area contributed by atoms with Crippen LogP contribution in [-0.4, -0.2) is 93.4 Å². The van der Waals surface area contributed by atoms with Gasteiger partial charge < -0.3 is 50.8 Å². The average molecular weight is 761 g/mol. The van der Waals surface area contributed by atoms with Crippen LogP contribution in [0.3, 0.4) is 0 Å². The van der Waals surface area contributed by atoms with Crippen molar-refractivity contribution in [3.05, 3.63) is 124 Å². The molecule has 0 radical (unpaired) electrons. The summed E-state index contributed by atoms with van der Waals surface area (Å²) in [6.07, 6.45) is -0.376. The fourth-order valence-electron chi connectivity index (χ4n) is 7.93. The number of aromatic amines is 1. The van der Waals surface area contributed by atoms with Gasteiger partial charge in [0.15, 0.2) is 17.0 Å². The minimum Gasteiger partial charge on any atom is -0.508 e. The molecule has 8 rings (SSSR count). The lowest BCUT2D eigenvalue weighted by molar-refractivity contribution is 0.00761. The predicted octanol–water partition coefficient (Wildman–Crippen LogP) is 3.27.